The molecule has 1 saturated heterocycles. The Labute approximate surface area is 121 Å². The molecule has 106 valence electrons. The minimum absolute atomic E-state index is 0.112. The van der Waals surface area contributed by atoms with Gasteiger partial charge in [0.25, 0.3) is 5.56 Å². The minimum Gasteiger partial charge on any atom is -0.330 e. The molecule has 0 amide bonds. The van der Waals surface area contributed by atoms with Crippen molar-refractivity contribution in [1.82, 2.24) is 19.9 Å². The molecule has 1 aromatic carbocycles. The van der Waals surface area contributed by atoms with E-state index < -0.39 is 0 Å². The van der Waals surface area contributed by atoms with Gasteiger partial charge in [-0.3, -0.25) is 9.69 Å². The largest absolute Gasteiger partial charge is 0.330 e. The van der Waals surface area contributed by atoms with E-state index in [1.54, 1.807) is 6.07 Å². The third kappa shape index (κ3) is 2.60. The van der Waals surface area contributed by atoms with E-state index in [-0.39, 0.29) is 5.56 Å². The molecule has 1 aliphatic heterocycles. The quantitative estimate of drug-likeness (QED) is 0.717. The zero-order valence-corrected chi connectivity index (χ0v) is 11.9. The monoisotopic (exact) mass is 291 g/mol. The van der Waals surface area contributed by atoms with Crippen molar-refractivity contribution in [3.8, 4) is 0 Å². The second-order valence-corrected chi connectivity index (χ2v) is 5.19. The Hall–Kier alpha value is -1.70. The third-order valence-electron chi connectivity index (χ3n) is 3.47. The first-order valence-electron chi connectivity index (χ1n) is 6.67. The standard InChI is InChI=1S/C13H17N5OS/c19-12-10-3-1-2-4-11(10)16-13(20)18(12)15-9-17-7-5-14-6-8-17/h1-4,14-15H,5-9H2,(H,16,20). The Morgan fingerprint density at radius 3 is 2.80 bits per heavy atom. The molecule has 6 nitrogen and oxygen atoms in total. The summed E-state index contributed by atoms with van der Waals surface area (Å²) < 4.78 is 1.81. The highest BCUT2D eigenvalue weighted by molar-refractivity contribution is 7.71. The van der Waals surface area contributed by atoms with E-state index in [1.165, 1.54) is 4.68 Å². The number of benzene rings is 1. The zero-order chi connectivity index (χ0) is 13.9. The number of rotatable bonds is 3. The van der Waals surface area contributed by atoms with Crippen LogP contribution in [0.5, 0.6) is 0 Å². The summed E-state index contributed by atoms with van der Waals surface area (Å²) in [6, 6.07) is 7.38. The van der Waals surface area contributed by atoms with Crippen molar-refractivity contribution in [1.29, 1.82) is 0 Å². The molecule has 0 atom stereocenters. The number of aromatic amines is 1. The van der Waals surface area contributed by atoms with Crippen LogP contribution in [0, 0.1) is 4.77 Å². The minimum atomic E-state index is -0.112. The number of nitrogens with one attached hydrogen (secondary N) is 3. The van der Waals surface area contributed by atoms with Gasteiger partial charge in [-0.1, -0.05) is 12.1 Å². The smallest absolute Gasteiger partial charge is 0.280 e. The lowest BCUT2D eigenvalue weighted by Crippen LogP contribution is -2.47. The van der Waals surface area contributed by atoms with Crippen LogP contribution in [-0.4, -0.2) is 47.4 Å². The van der Waals surface area contributed by atoms with Crippen molar-refractivity contribution in [2.24, 2.45) is 0 Å². The van der Waals surface area contributed by atoms with Crippen LogP contribution in [-0.2, 0) is 0 Å². The van der Waals surface area contributed by atoms with Crippen LogP contribution in [0.15, 0.2) is 29.1 Å². The molecule has 20 heavy (non-hydrogen) atoms. The molecule has 1 fully saturated rings. The molecule has 2 aromatic rings. The van der Waals surface area contributed by atoms with Crippen molar-refractivity contribution in [2.75, 3.05) is 38.3 Å². The van der Waals surface area contributed by atoms with Crippen molar-refractivity contribution in [2.45, 2.75) is 0 Å². The third-order valence-corrected chi connectivity index (χ3v) is 3.75. The molecular weight excluding hydrogens is 274 g/mol. The van der Waals surface area contributed by atoms with Crippen LogP contribution in [0.1, 0.15) is 0 Å². The molecule has 3 N–H and O–H groups in total. The van der Waals surface area contributed by atoms with E-state index in [2.05, 4.69) is 20.6 Å². The Kier molecular flexibility index (Phi) is 3.81. The predicted molar refractivity (Wildman–Crippen MR) is 82.1 cm³/mol. The number of hydrogen-bond donors (Lipinski definition) is 3. The number of hydrogen-bond acceptors (Lipinski definition) is 5. The lowest BCUT2D eigenvalue weighted by atomic mass is 10.2. The van der Waals surface area contributed by atoms with E-state index in [1.807, 2.05) is 18.2 Å². The first-order valence-corrected chi connectivity index (χ1v) is 7.07. The van der Waals surface area contributed by atoms with Crippen molar-refractivity contribution < 1.29 is 0 Å². The Bertz CT molecular complexity index is 717. The zero-order valence-electron chi connectivity index (χ0n) is 11.1. The van der Waals surface area contributed by atoms with E-state index in [9.17, 15) is 4.79 Å². The fraction of sp³-hybridized carbons (Fsp3) is 0.385. The Morgan fingerprint density at radius 1 is 1.25 bits per heavy atom. The lowest BCUT2D eigenvalue weighted by Gasteiger charge is -2.27. The number of para-hydroxylation sites is 1. The van der Waals surface area contributed by atoms with Gasteiger partial charge in [-0.15, -0.1) is 0 Å². The molecule has 0 aliphatic carbocycles. The average Bonchev–Trinajstić information content (AvgIpc) is 2.48. The molecule has 0 radical (unpaired) electrons. The molecule has 0 saturated carbocycles. The van der Waals surface area contributed by atoms with Crippen LogP contribution < -0.4 is 16.3 Å². The van der Waals surface area contributed by atoms with Gasteiger partial charge in [-0.25, -0.2) is 0 Å². The summed E-state index contributed by atoms with van der Waals surface area (Å²) in [7, 11) is 0. The van der Waals surface area contributed by atoms with Gasteiger partial charge < -0.3 is 15.7 Å². The molecule has 1 aliphatic rings. The highest BCUT2D eigenvalue weighted by Crippen LogP contribution is 2.05. The van der Waals surface area contributed by atoms with Crippen LogP contribution >= 0.6 is 12.2 Å². The summed E-state index contributed by atoms with van der Waals surface area (Å²) in [5, 5.41) is 3.93. The first kappa shape index (κ1) is 13.3. The summed E-state index contributed by atoms with van der Waals surface area (Å²) in [5.41, 5.74) is 3.76. The predicted octanol–water partition coefficient (Wildman–Crippen LogP) is 0.465. The van der Waals surface area contributed by atoms with Gasteiger partial charge >= 0.3 is 0 Å². The van der Waals surface area contributed by atoms with Gasteiger partial charge in [0.15, 0.2) is 4.77 Å². The van der Waals surface area contributed by atoms with Crippen LogP contribution in [0.4, 0.5) is 0 Å². The highest BCUT2D eigenvalue weighted by atomic mass is 32.1. The molecule has 3 rings (SSSR count). The topological polar surface area (TPSA) is 65.1 Å². The fourth-order valence-electron chi connectivity index (χ4n) is 2.35. The fourth-order valence-corrected chi connectivity index (χ4v) is 2.60. The molecular formula is C13H17N5OS. The van der Waals surface area contributed by atoms with E-state index in [0.717, 1.165) is 31.7 Å². The Balaban J connectivity index is 1.87. The van der Waals surface area contributed by atoms with Gasteiger partial charge in [-0.05, 0) is 24.4 Å². The van der Waals surface area contributed by atoms with Crippen molar-refractivity contribution >= 4 is 23.1 Å². The molecule has 1 aromatic heterocycles. The van der Waals surface area contributed by atoms with Crippen LogP contribution in [0.25, 0.3) is 10.9 Å². The highest BCUT2D eigenvalue weighted by Gasteiger charge is 2.10. The number of piperazine rings is 1. The van der Waals surface area contributed by atoms with Crippen molar-refractivity contribution in [3.05, 3.63) is 39.4 Å². The summed E-state index contributed by atoms with van der Waals surface area (Å²) in [4.78, 5) is 17.7. The molecule has 0 spiro atoms. The van der Waals surface area contributed by atoms with Gasteiger partial charge in [0.1, 0.15) is 0 Å². The maximum Gasteiger partial charge on any atom is 0.280 e. The van der Waals surface area contributed by atoms with E-state index in [0.29, 0.717) is 16.8 Å². The number of aromatic nitrogens is 2. The lowest BCUT2D eigenvalue weighted by molar-refractivity contribution is 0.248. The van der Waals surface area contributed by atoms with Crippen LogP contribution in [0.3, 0.4) is 0 Å². The summed E-state index contributed by atoms with van der Waals surface area (Å²) in [6.45, 7) is 4.48. The molecule has 0 bridgehead atoms. The van der Waals surface area contributed by atoms with Crippen LogP contribution in [0.2, 0.25) is 0 Å². The first-order chi connectivity index (χ1) is 9.75. The molecule has 2 heterocycles. The summed E-state index contributed by atoms with van der Waals surface area (Å²) in [5.74, 6) is 0. The average molecular weight is 291 g/mol. The second kappa shape index (κ2) is 5.74. The Morgan fingerprint density at radius 2 is 2.00 bits per heavy atom. The summed E-state index contributed by atoms with van der Waals surface area (Å²) >= 11 is 5.25. The maximum atomic E-state index is 12.4. The van der Waals surface area contributed by atoms with Gasteiger partial charge in [0.2, 0.25) is 0 Å². The number of nitrogens with zero attached hydrogens (tertiary/aromatic N) is 2. The number of fused-ring (bicyclic) bond motifs is 1. The van der Waals surface area contributed by atoms with E-state index >= 15 is 0 Å². The van der Waals surface area contributed by atoms with Gasteiger partial charge in [-0.2, -0.15) is 4.68 Å². The molecule has 0 unspecified atom stereocenters. The van der Waals surface area contributed by atoms with Crippen molar-refractivity contribution in [3.63, 3.8) is 0 Å². The SMILES string of the molecule is O=c1c2ccccc2[nH]c(=S)n1NCN1CCNCC1. The number of H-pyrrole nitrogens is 1. The summed E-state index contributed by atoms with van der Waals surface area (Å²) in [6.07, 6.45) is 0. The van der Waals surface area contributed by atoms with Gasteiger partial charge in [0, 0.05) is 26.2 Å². The molecule has 7 heteroatoms. The van der Waals surface area contributed by atoms with E-state index in [4.69, 9.17) is 12.2 Å². The second-order valence-electron chi connectivity index (χ2n) is 4.80. The normalized spacial score (nSPS) is 16.4. The maximum absolute atomic E-state index is 12.4. The van der Waals surface area contributed by atoms with Gasteiger partial charge in [0.05, 0.1) is 17.6 Å².